The average molecular weight is 250 g/mol. The van der Waals surface area contributed by atoms with Crippen LogP contribution in [0.4, 0.5) is 10.1 Å². The normalized spacial score (nSPS) is 18.0. The third kappa shape index (κ3) is 2.66. The lowest BCUT2D eigenvalue weighted by Gasteiger charge is -2.30. The maximum absolute atomic E-state index is 14.2. The average Bonchev–Trinajstić information content (AvgIpc) is 2.85. The lowest BCUT2D eigenvalue weighted by molar-refractivity contribution is 0.576. The van der Waals surface area contributed by atoms with E-state index < -0.39 is 0 Å². The molecule has 1 aromatic rings. The topological polar surface area (TPSA) is 29.3 Å². The van der Waals surface area contributed by atoms with E-state index in [0.717, 1.165) is 17.8 Å². The fourth-order valence-electron chi connectivity index (χ4n) is 2.88. The van der Waals surface area contributed by atoms with Gasteiger partial charge in [0.05, 0.1) is 5.69 Å². The molecule has 0 radical (unpaired) electrons. The Bertz CT molecular complexity index is 397. The number of rotatable bonds is 4. The van der Waals surface area contributed by atoms with Gasteiger partial charge >= 0.3 is 0 Å². The molecule has 1 aliphatic carbocycles. The third-order valence-corrected chi connectivity index (χ3v) is 3.91. The van der Waals surface area contributed by atoms with E-state index in [0.29, 0.717) is 6.04 Å². The summed E-state index contributed by atoms with van der Waals surface area (Å²) >= 11 is 0. The Labute approximate surface area is 109 Å². The van der Waals surface area contributed by atoms with Crippen LogP contribution in [0.3, 0.4) is 0 Å². The summed E-state index contributed by atoms with van der Waals surface area (Å²) in [7, 11) is 0. The second-order valence-corrected chi connectivity index (χ2v) is 5.22. The highest BCUT2D eigenvalue weighted by atomic mass is 19.1. The van der Waals surface area contributed by atoms with Crippen LogP contribution < -0.4 is 10.6 Å². The number of nitrogens with zero attached hydrogens (tertiary/aromatic N) is 1. The zero-order valence-electron chi connectivity index (χ0n) is 11.3. The van der Waals surface area contributed by atoms with Crippen LogP contribution in [-0.4, -0.2) is 12.6 Å². The van der Waals surface area contributed by atoms with Gasteiger partial charge in [-0.15, -0.1) is 0 Å². The first-order valence-corrected chi connectivity index (χ1v) is 6.95. The Kier molecular flexibility index (Phi) is 4.23. The Hall–Kier alpha value is -1.09. The highest BCUT2D eigenvalue weighted by Gasteiger charge is 2.23. The molecule has 1 saturated carbocycles. The van der Waals surface area contributed by atoms with Gasteiger partial charge in [0.2, 0.25) is 0 Å². The van der Waals surface area contributed by atoms with E-state index in [1.165, 1.54) is 25.7 Å². The van der Waals surface area contributed by atoms with Crippen molar-refractivity contribution < 1.29 is 4.39 Å². The van der Waals surface area contributed by atoms with Crippen molar-refractivity contribution in [3.05, 3.63) is 29.6 Å². The van der Waals surface area contributed by atoms with Gasteiger partial charge in [-0.3, -0.25) is 0 Å². The highest BCUT2D eigenvalue weighted by molar-refractivity contribution is 5.50. The van der Waals surface area contributed by atoms with E-state index in [9.17, 15) is 4.39 Å². The largest absolute Gasteiger partial charge is 0.366 e. The van der Waals surface area contributed by atoms with E-state index in [1.54, 1.807) is 6.07 Å². The molecule has 0 unspecified atom stereocenters. The molecule has 0 spiro atoms. The molecule has 0 aromatic heterocycles. The predicted molar refractivity (Wildman–Crippen MR) is 74.3 cm³/mol. The third-order valence-electron chi connectivity index (χ3n) is 3.91. The Morgan fingerprint density at radius 1 is 1.39 bits per heavy atom. The summed E-state index contributed by atoms with van der Waals surface area (Å²) in [5.74, 6) is -0.140. The van der Waals surface area contributed by atoms with Gasteiger partial charge in [0.15, 0.2) is 0 Å². The van der Waals surface area contributed by atoms with Crippen molar-refractivity contribution in [3.63, 3.8) is 0 Å². The van der Waals surface area contributed by atoms with Gasteiger partial charge in [0.1, 0.15) is 5.82 Å². The summed E-state index contributed by atoms with van der Waals surface area (Å²) < 4.78 is 14.2. The van der Waals surface area contributed by atoms with Gasteiger partial charge in [-0.2, -0.15) is 0 Å². The smallest absolute Gasteiger partial charge is 0.146 e. The molecule has 0 heterocycles. The summed E-state index contributed by atoms with van der Waals surface area (Å²) in [6.07, 6.45) is 4.89. The molecule has 1 aliphatic rings. The molecule has 1 aromatic carbocycles. The number of nitrogens with two attached hydrogens (primary N) is 1. The molecule has 0 bridgehead atoms. The molecular formula is C15H23FN2. The summed E-state index contributed by atoms with van der Waals surface area (Å²) in [4.78, 5) is 2.20. The molecule has 0 saturated heterocycles. The molecular weight excluding hydrogens is 227 g/mol. The molecule has 18 heavy (non-hydrogen) atoms. The first-order chi connectivity index (χ1) is 8.63. The van der Waals surface area contributed by atoms with Crippen molar-refractivity contribution >= 4 is 5.69 Å². The van der Waals surface area contributed by atoms with E-state index in [-0.39, 0.29) is 11.9 Å². The van der Waals surface area contributed by atoms with E-state index in [2.05, 4.69) is 11.8 Å². The maximum Gasteiger partial charge on any atom is 0.146 e. The monoisotopic (exact) mass is 250 g/mol. The van der Waals surface area contributed by atoms with Crippen molar-refractivity contribution in [2.45, 2.75) is 51.6 Å². The quantitative estimate of drug-likeness (QED) is 0.884. The zero-order valence-corrected chi connectivity index (χ0v) is 11.3. The first kappa shape index (κ1) is 13.3. The Balaban J connectivity index is 2.25. The molecule has 0 amide bonds. The molecule has 1 fully saturated rings. The van der Waals surface area contributed by atoms with E-state index >= 15 is 0 Å². The van der Waals surface area contributed by atoms with Crippen molar-refractivity contribution in [2.75, 3.05) is 11.4 Å². The van der Waals surface area contributed by atoms with Crippen LogP contribution in [0.5, 0.6) is 0 Å². The standard InChI is InChI=1S/C15H23FN2/c1-3-18(13-6-4-5-7-13)15-9-8-12(11(2)17)10-14(15)16/h8-11,13H,3-7,17H2,1-2H3/t11-/m1/s1. The van der Waals surface area contributed by atoms with Crippen molar-refractivity contribution in [2.24, 2.45) is 5.73 Å². The van der Waals surface area contributed by atoms with Crippen LogP contribution >= 0.6 is 0 Å². The van der Waals surface area contributed by atoms with Crippen LogP contribution in [0.1, 0.15) is 51.1 Å². The SMILES string of the molecule is CCN(c1ccc([C@@H](C)N)cc1F)C1CCCC1. The fraction of sp³-hybridized carbons (Fsp3) is 0.600. The number of hydrogen-bond donors (Lipinski definition) is 1. The maximum atomic E-state index is 14.2. The minimum atomic E-state index is -0.140. The fourth-order valence-corrected chi connectivity index (χ4v) is 2.88. The molecule has 2 rings (SSSR count). The van der Waals surface area contributed by atoms with Gasteiger partial charge in [-0.05, 0) is 44.4 Å². The molecule has 100 valence electrons. The summed E-state index contributed by atoms with van der Waals surface area (Å²) in [6, 6.07) is 5.80. The second-order valence-electron chi connectivity index (χ2n) is 5.22. The van der Waals surface area contributed by atoms with Crippen molar-refractivity contribution in [1.29, 1.82) is 0 Å². The van der Waals surface area contributed by atoms with Gasteiger partial charge < -0.3 is 10.6 Å². The number of benzene rings is 1. The molecule has 3 heteroatoms. The van der Waals surface area contributed by atoms with Gasteiger partial charge in [0.25, 0.3) is 0 Å². The molecule has 0 aliphatic heterocycles. The van der Waals surface area contributed by atoms with Crippen LogP contribution in [0.25, 0.3) is 0 Å². The van der Waals surface area contributed by atoms with E-state index in [1.807, 2.05) is 19.1 Å². The van der Waals surface area contributed by atoms with Crippen LogP contribution in [0.2, 0.25) is 0 Å². The Morgan fingerprint density at radius 3 is 2.56 bits per heavy atom. The molecule has 1 atom stereocenters. The minimum absolute atomic E-state index is 0.116. The number of anilines is 1. The summed E-state index contributed by atoms with van der Waals surface area (Å²) in [6.45, 7) is 4.83. The summed E-state index contributed by atoms with van der Waals surface area (Å²) in [5.41, 5.74) is 7.37. The second kappa shape index (κ2) is 5.70. The molecule has 2 N–H and O–H groups in total. The first-order valence-electron chi connectivity index (χ1n) is 6.95. The minimum Gasteiger partial charge on any atom is -0.366 e. The van der Waals surface area contributed by atoms with Crippen LogP contribution in [0, 0.1) is 5.82 Å². The van der Waals surface area contributed by atoms with Gasteiger partial charge in [-0.1, -0.05) is 18.9 Å². The van der Waals surface area contributed by atoms with Crippen LogP contribution in [-0.2, 0) is 0 Å². The number of hydrogen-bond acceptors (Lipinski definition) is 2. The van der Waals surface area contributed by atoms with Gasteiger partial charge in [-0.25, -0.2) is 4.39 Å². The summed E-state index contributed by atoms with van der Waals surface area (Å²) in [5, 5.41) is 0. The lowest BCUT2D eigenvalue weighted by atomic mass is 10.1. The predicted octanol–water partition coefficient (Wildman–Crippen LogP) is 3.61. The van der Waals surface area contributed by atoms with Gasteiger partial charge in [0, 0.05) is 18.6 Å². The highest BCUT2D eigenvalue weighted by Crippen LogP contribution is 2.30. The van der Waals surface area contributed by atoms with Crippen LogP contribution in [0.15, 0.2) is 18.2 Å². The van der Waals surface area contributed by atoms with Crippen molar-refractivity contribution in [1.82, 2.24) is 0 Å². The zero-order chi connectivity index (χ0) is 13.1. The van der Waals surface area contributed by atoms with E-state index in [4.69, 9.17) is 5.73 Å². The van der Waals surface area contributed by atoms with Crippen molar-refractivity contribution in [3.8, 4) is 0 Å². The lowest BCUT2D eigenvalue weighted by Crippen LogP contribution is -2.33. The number of halogens is 1. The molecule has 2 nitrogen and oxygen atoms in total. The Morgan fingerprint density at radius 2 is 2.06 bits per heavy atom.